The van der Waals surface area contributed by atoms with Crippen molar-refractivity contribution in [1.29, 1.82) is 0 Å². The molecule has 1 unspecified atom stereocenters. The fourth-order valence-electron chi connectivity index (χ4n) is 5.15. The van der Waals surface area contributed by atoms with E-state index >= 15 is 0 Å². The number of nitrogens with two attached hydrogens (primary N) is 1. The molecule has 0 radical (unpaired) electrons. The van der Waals surface area contributed by atoms with Crippen LogP contribution in [0.25, 0.3) is 5.65 Å². The zero-order chi connectivity index (χ0) is 21.5. The summed E-state index contributed by atoms with van der Waals surface area (Å²) in [6, 6.07) is 8.24. The van der Waals surface area contributed by atoms with E-state index in [9.17, 15) is 9.18 Å². The molecule has 0 spiro atoms. The van der Waals surface area contributed by atoms with Crippen LogP contribution in [0, 0.1) is 12.7 Å². The summed E-state index contributed by atoms with van der Waals surface area (Å²) in [5, 5.41) is 4.77. The van der Waals surface area contributed by atoms with Crippen LogP contribution in [0.1, 0.15) is 77.8 Å². The number of aryl methyl sites for hydroxylation is 1. The van der Waals surface area contributed by atoms with Gasteiger partial charge in [0, 0.05) is 30.8 Å². The van der Waals surface area contributed by atoms with Crippen molar-refractivity contribution in [1.82, 2.24) is 19.5 Å². The van der Waals surface area contributed by atoms with Crippen LogP contribution in [0.5, 0.6) is 0 Å². The van der Waals surface area contributed by atoms with Crippen LogP contribution in [0.15, 0.2) is 36.5 Å². The third-order valence-corrected chi connectivity index (χ3v) is 6.76. The van der Waals surface area contributed by atoms with Gasteiger partial charge in [0.25, 0.3) is 5.91 Å². The van der Waals surface area contributed by atoms with E-state index in [2.05, 4.69) is 6.92 Å². The SMILES string of the molecule is Cc1cn2nc([C@@H]3CCCCN3C(=O)c3ccccc3F)cc2nc1C1CC[C@H](N)C1. The first-order valence-electron chi connectivity index (χ1n) is 11.2. The van der Waals surface area contributed by atoms with E-state index in [1.165, 1.54) is 6.07 Å². The molecule has 2 aliphatic rings. The molecular formula is C24H28FN5O. The molecule has 2 N–H and O–H groups in total. The maximum Gasteiger partial charge on any atom is 0.257 e. The van der Waals surface area contributed by atoms with Gasteiger partial charge in [-0.05, 0) is 63.1 Å². The lowest BCUT2D eigenvalue weighted by atomic mass is 9.98. The van der Waals surface area contributed by atoms with Crippen molar-refractivity contribution in [3.8, 4) is 0 Å². The summed E-state index contributed by atoms with van der Waals surface area (Å²) in [6.07, 6.45) is 7.84. The van der Waals surface area contributed by atoms with Gasteiger partial charge in [0.15, 0.2) is 5.65 Å². The van der Waals surface area contributed by atoms with Gasteiger partial charge >= 0.3 is 0 Å². The minimum atomic E-state index is -0.483. The summed E-state index contributed by atoms with van der Waals surface area (Å²) >= 11 is 0. The van der Waals surface area contributed by atoms with Gasteiger partial charge in [0.1, 0.15) is 5.82 Å². The van der Waals surface area contributed by atoms with E-state index in [4.69, 9.17) is 15.8 Å². The molecule has 1 aliphatic carbocycles. The Kier molecular flexibility index (Phi) is 5.22. The number of likely N-dealkylation sites (tertiary alicyclic amines) is 1. The smallest absolute Gasteiger partial charge is 0.257 e. The van der Waals surface area contributed by atoms with Crippen LogP contribution in [0.3, 0.4) is 0 Å². The van der Waals surface area contributed by atoms with Crippen molar-refractivity contribution in [3.05, 3.63) is 64.9 Å². The predicted molar refractivity (Wildman–Crippen MR) is 116 cm³/mol. The molecule has 1 saturated heterocycles. The number of amides is 1. The summed E-state index contributed by atoms with van der Waals surface area (Å²) in [5.74, 6) is -0.361. The van der Waals surface area contributed by atoms with Crippen LogP contribution < -0.4 is 5.73 Å². The molecule has 1 saturated carbocycles. The lowest BCUT2D eigenvalue weighted by Gasteiger charge is -2.34. The Labute approximate surface area is 181 Å². The number of halogens is 1. The van der Waals surface area contributed by atoms with Gasteiger partial charge in [-0.3, -0.25) is 4.79 Å². The second-order valence-electron chi connectivity index (χ2n) is 8.94. The van der Waals surface area contributed by atoms with E-state index in [1.807, 2.05) is 16.8 Å². The molecule has 2 aromatic heterocycles. The molecule has 31 heavy (non-hydrogen) atoms. The first-order valence-corrected chi connectivity index (χ1v) is 11.2. The van der Waals surface area contributed by atoms with Crippen LogP contribution in [0.2, 0.25) is 0 Å². The normalized spacial score (nSPS) is 24.1. The van der Waals surface area contributed by atoms with Gasteiger partial charge in [0.05, 0.1) is 23.0 Å². The summed E-state index contributed by atoms with van der Waals surface area (Å²) in [6.45, 7) is 2.67. The number of carbonyl (C=O) groups is 1. The number of nitrogens with zero attached hydrogens (tertiary/aromatic N) is 4. The van der Waals surface area contributed by atoms with Crippen molar-refractivity contribution in [2.24, 2.45) is 5.73 Å². The third kappa shape index (κ3) is 3.71. The van der Waals surface area contributed by atoms with E-state index in [0.717, 1.165) is 61.1 Å². The van der Waals surface area contributed by atoms with E-state index < -0.39 is 5.82 Å². The molecule has 1 aliphatic heterocycles. The Morgan fingerprint density at radius 1 is 1.19 bits per heavy atom. The van der Waals surface area contributed by atoms with Crippen LogP contribution >= 0.6 is 0 Å². The summed E-state index contributed by atoms with van der Waals surface area (Å²) < 4.78 is 16.1. The molecule has 3 heterocycles. The highest BCUT2D eigenvalue weighted by Gasteiger charge is 2.32. The number of carbonyl (C=O) groups excluding carboxylic acids is 1. The van der Waals surface area contributed by atoms with Crippen molar-refractivity contribution >= 4 is 11.6 Å². The molecule has 162 valence electrons. The van der Waals surface area contributed by atoms with Crippen molar-refractivity contribution < 1.29 is 9.18 Å². The van der Waals surface area contributed by atoms with Crippen LogP contribution in [-0.4, -0.2) is 38.0 Å². The Hall–Kier alpha value is -2.80. The Bertz CT molecular complexity index is 1130. The zero-order valence-electron chi connectivity index (χ0n) is 17.8. The van der Waals surface area contributed by atoms with Crippen molar-refractivity contribution in [2.75, 3.05) is 6.54 Å². The Balaban J connectivity index is 1.48. The van der Waals surface area contributed by atoms with E-state index in [-0.39, 0.29) is 23.6 Å². The summed E-state index contributed by atoms with van der Waals surface area (Å²) in [7, 11) is 0. The fourth-order valence-corrected chi connectivity index (χ4v) is 5.15. The second-order valence-corrected chi connectivity index (χ2v) is 8.94. The lowest BCUT2D eigenvalue weighted by molar-refractivity contribution is 0.0601. The number of piperidine rings is 1. The number of benzene rings is 1. The molecule has 5 rings (SSSR count). The topological polar surface area (TPSA) is 76.5 Å². The van der Waals surface area contributed by atoms with Gasteiger partial charge in [0.2, 0.25) is 0 Å². The minimum Gasteiger partial charge on any atom is -0.330 e. The number of hydrogen-bond donors (Lipinski definition) is 1. The van der Waals surface area contributed by atoms with Gasteiger partial charge in [-0.2, -0.15) is 5.10 Å². The van der Waals surface area contributed by atoms with Crippen LogP contribution in [-0.2, 0) is 0 Å². The molecule has 6 nitrogen and oxygen atoms in total. The van der Waals surface area contributed by atoms with Gasteiger partial charge < -0.3 is 10.6 Å². The standard InChI is InChI=1S/C24H28FN5O/c1-15-14-30-22(27-23(15)16-9-10-17(26)12-16)13-20(28-30)21-8-4-5-11-29(21)24(31)18-6-2-3-7-19(18)25/h2-3,6-7,13-14,16-17,21H,4-5,8-12,26H2,1H3/t16?,17-,21-/m0/s1. The van der Waals surface area contributed by atoms with Crippen molar-refractivity contribution in [3.63, 3.8) is 0 Å². The second kappa shape index (κ2) is 8.04. The molecule has 3 atom stereocenters. The molecule has 2 fully saturated rings. The fraction of sp³-hybridized carbons (Fsp3) is 0.458. The third-order valence-electron chi connectivity index (χ3n) is 6.76. The van der Waals surface area contributed by atoms with E-state index in [0.29, 0.717) is 12.5 Å². The summed E-state index contributed by atoms with van der Waals surface area (Å²) in [4.78, 5) is 19.9. The molecule has 3 aromatic rings. The molecular weight excluding hydrogens is 393 g/mol. The zero-order valence-corrected chi connectivity index (χ0v) is 17.8. The molecule has 1 amide bonds. The van der Waals surface area contributed by atoms with E-state index in [1.54, 1.807) is 23.1 Å². The van der Waals surface area contributed by atoms with Gasteiger partial charge in [-0.1, -0.05) is 12.1 Å². The average molecular weight is 422 g/mol. The average Bonchev–Trinajstić information content (AvgIpc) is 3.38. The number of rotatable bonds is 3. The Morgan fingerprint density at radius 3 is 2.81 bits per heavy atom. The molecule has 1 aromatic carbocycles. The number of aromatic nitrogens is 3. The summed E-state index contributed by atoms with van der Waals surface area (Å²) in [5.41, 5.74) is 10.1. The quantitative estimate of drug-likeness (QED) is 0.690. The number of hydrogen-bond acceptors (Lipinski definition) is 4. The highest BCUT2D eigenvalue weighted by molar-refractivity contribution is 5.94. The van der Waals surface area contributed by atoms with Crippen LogP contribution in [0.4, 0.5) is 4.39 Å². The van der Waals surface area contributed by atoms with Gasteiger partial charge in [-0.15, -0.1) is 0 Å². The highest BCUT2D eigenvalue weighted by atomic mass is 19.1. The minimum absolute atomic E-state index is 0.118. The maximum absolute atomic E-state index is 14.3. The van der Waals surface area contributed by atoms with Crippen molar-refractivity contribution in [2.45, 2.75) is 63.5 Å². The highest BCUT2D eigenvalue weighted by Crippen LogP contribution is 2.36. The largest absolute Gasteiger partial charge is 0.330 e. The Morgan fingerprint density at radius 2 is 2.03 bits per heavy atom. The lowest BCUT2D eigenvalue weighted by Crippen LogP contribution is -2.39. The first-order chi connectivity index (χ1) is 15.0. The number of fused-ring (bicyclic) bond motifs is 1. The first kappa shape index (κ1) is 20.1. The monoisotopic (exact) mass is 421 g/mol. The maximum atomic E-state index is 14.3. The molecule has 7 heteroatoms. The predicted octanol–water partition coefficient (Wildman–Crippen LogP) is 4.14. The van der Waals surface area contributed by atoms with Gasteiger partial charge in [-0.25, -0.2) is 13.9 Å². The molecule has 0 bridgehead atoms.